The maximum atomic E-state index is 10.8. The van der Waals surface area contributed by atoms with Crippen molar-refractivity contribution < 1.29 is 9.32 Å². The number of para-hydroxylation sites is 1. The average molecular weight is 199 g/mol. The van der Waals surface area contributed by atoms with E-state index in [1.54, 1.807) is 24.3 Å². The smallest absolute Gasteiger partial charge is 0.271 e. The predicted octanol–water partition coefficient (Wildman–Crippen LogP) is 1.35. The first kappa shape index (κ1) is 9.54. The largest absolute Gasteiger partial charge is 0.364 e. The highest BCUT2D eigenvalue weighted by atomic mass is 35.5. The summed E-state index contributed by atoms with van der Waals surface area (Å²) in [7, 11) is 0. The third kappa shape index (κ3) is 1.48. The Morgan fingerprint density at radius 3 is 2.77 bits per heavy atom. The monoisotopic (exact) mass is 198 g/mol. The lowest BCUT2D eigenvalue weighted by molar-refractivity contribution is 0.0993. The third-order valence-corrected chi connectivity index (χ3v) is 1.61. The van der Waals surface area contributed by atoms with Gasteiger partial charge in [0.15, 0.2) is 11.3 Å². The van der Waals surface area contributed by atoms with Gasteiger partial charge in [0.05, 0.1) is 5.39 Å². The highest BCUT2D eigenvalue weighted by Crippen LogP contribution is 2.16. The lowest BCUT2D eigenvalue weighted by Crippen LogP contribution is -2.11. The van der Waals surface area contributed by atoms with Crippen molar-refractivity contribution in [1.29, 1.82) is 0 Å². The molecule has 2 aromatic rings. The van der Waals surface area contributed by atoms with Crippen LogP contribution in [0.4, 0.5) is 0 Å². The van der Waals surface area contributed by atoms with Gasteiger partial charge in [-0.05, 0) is 12.1 Å². The number of amides is 1. The number of nitrogens with two attached hydrogens (primary N) is 1. The van der Waals surface area contributed by atoms with Crippen LogP contribution in [-0.4, -0.2) is 11.1 Å². The zero-order valence-corrected chi connectivity index (χ0v) is 7.38. The molecule has 0 atom stereocenters. The lowest BCUT2D eigenvalue weighted by atomic mass is 10.2. The molecule has 68 valence electrons. The van der Waals surface area contributed by atoms with E-state index >= 15 is 0 Å². The van der Waals surface area contributed by atoms with Gasteiger partial charge in [0.1, 0.15) is 0 Å². The van der Waals surface area contributed by atoms with Gasteiger partial charge in [-0.3, -0.25) is 4.79 Å². The normalized spacial score (nSPS) is 9.54. The number of aromatic nitrogens is 1. The second kappa shape index (κ2) is 3.45. The first-order chi connectivity index (χ1) is 5.79. The molecule has 0 spiro atoms. The molecule has 0 aliphatic heterocycles. The van der Waals surface area contributed by atoms with Gasteiger partial charge in [0.2, 0.25) is 0 Å². The quantitative estimate of drug-likeness (QED) is 0.752. The van der Waals surface area contributed by atoms with Crippen LogP contribution in [0.2, 0.25) is 0 Å². The van der Waals surface area contributed by atoms with E-state index in [4.69, 9.17) is 10.3 Å². The molecule has 1 amide bonds. The number of primary amides is 1. The zero-order chi connectivity index (χ0) is 8.55. The number of hydrogen-bond acceptors (Lipinski definition) is 3. The summed E-state index contributed by atoms with van der Waals surface area (Å²) in [5.74, 6) is -0.569. The number of benzene rings is 1. The maximum absolute atomic E-state index is 10.8. The molecule has 0 bridgehead atoms. The summed E-state index contributed by atoms with van der Waals surface area (Å²) in [6, 6.07) is 7.07. The van der Waals surface area contributed by atoms with Crippen molar-refractivity contribution in [2.75, 3.05) is 0 Å². The minimum atomic E-state index is -0.569. The van der Waals surface area contributed by atoms with Crippen molar-refractivity contribution in [2.45, 2.75) is 0 Å². The molecule has 2 N–H and O–H groups in total. The molecule has 0 aliphatic carbocycles. The van der Waals surface area contributed by atoms with Gasteiger partial charge >= 0.3 is 0 Å². The molecule has 4 nitrogen and oxygen atoms in total. The molecule has 0 fully saturated rings. The molecule has 0 saturated carbocycles. The van der Waals surface area contributed by atoms with Gasteiger partial charge in [0.25, 0.3) is 5.91 Å². The first-order valence-corrected chi connectivity index (χ1v) is 3.43. The zero-order valence-electron chi connectivity index (χ0n) is 6.56. The lowest BCUT2D eigenvalue weighted by Gasteiger charge is -1.85. The summed E-state index contributed by atoms with van der Waals surface area (Å²) in [6.45, 7) is 0. The van der Waals surface area contributed by atoms with Crippen LogP contribution in [0.5, 0.6) is 0 Å². The summed E-state index contributed by atoms with van der Waals surface area (Å²) >= 11 is 0. The van der Waals surface area contributed by atoms with Crippen LogP contribution in [0.1, 0.15) is 10.5 Å². The van der Waals surface area contributed by atoms with Gasteiger partial charge in [-0.2, -0.15) is 0 Å². The first-order valence-electron chi connectivity index (χ1n) is 3.43. The van der Waals surface area contributed by atoms with Crippen LogP contribution in [-0.2, 0) is 0 Å². The predicted molar refractivity (Wildman–Crippen MR) is 49.8 cm³/mol. The second-order valence-corrected chi connectivity index (χ2v) is 2.39. The Morgan fingerprint density at radius 1 is 1.38 bits per heavy atom. The molecule has 5 heteroatoms. The number of nitrogens with zero attached hydrogens (tertiary/aromatic N) is 1. The number of hydrogen-bond donors (Lipinski definition) is 1. The van der Waals surface area contributed by atoms with Gasteiger partial charge in [-0.25, -0.2) is 0 Å². The highest BCUT2D eigenvalue weighted by Gasteiger charge is 2.11. The number of carbonyl (C=O) groups excluding carboxylic acids is 1. The van der Waals surface area contributed by atoms with Crippen LogP contribution in [0.3, 0.4) is 0 Å². The standard InChI is InChI=1S/C8H6N2O2.ClH/c9-8(11)7-5-3-1-2-4-6(5)12-10-7;/h1-4H,(H2,9,11);1H. The van der Waals surface area contributed by atoms with E-state index in [0.717, 1.165) is 0 Å². The Hall–Kier alpha value is -1.55. The Bertz CT molecular complexity index is 438. The molecule has 13 heavy (non-hydrogen) atoms. The molecule has 1 aromatic carbocycles. The maximum Gasteiger partial charge on any atom is 0.271 e. The van der Waals surface area contributed by atoms with Crippen LogP contribution in [0.15, 0.2) is 28.8 Å². The van der Waals surface area contributed by atoms with Crippen molar-refractivity contribution in [3.05, 3.63) is 30.0 Å². The summed E-state index contributed by atoms with van der Waals surface area (Å²) < 4.78 is 4.86. The van der Waals surface area contributed by atoms with E-state index in [-0.39, 0.29) is 18.1 Å². The molecule has 0 radical (unpaired) electrons. The molecule has 2 rings (SSSR count). The Labute approximate surface area is 80.1 Å². The fraction of sp³-hybridized carbons (Fsp3) is 0. The Kier molecular flexibility index (Phi) is 2.53. The summed E-state index contributed by atoms with van der Waals surface area (Å²) in [5, 5.41) is 4.20. The van der Waals surface area contributed by atoms with Gasteiger partial charge in [-0.1, -0.05) is 17.3 Å². The van der Waals surface area contributed by atoms with Crippen molar-refractivity contribution in [3.8, 4) is 0 Å². The molecule has 0 saturated heterocycles. The average Bonchev–Trinajstić information content (AvgIpc) is 2.47. The Balaban J connectivity index is 0.000000845. The molecular weight excluding hydrogens is 192 g/mol. The molecular formula is C8H7ClN2O2. The SMILES string of the molecule is Cl.NC(=O)c1noc2ccccc12. The number of rotatable bonds is 1. The van der Waals surface area contributed by atoms with Crippen molar-refractivity contribution >= 4 is 29.3 Å². The molecule has 1 heterocycles. The van der Waals surface area contributed by atoms with E-state index in [1.807, 2.05) is 0 Å². The summed E-state index contributed by atoms with van der Waals surface area (Å²) in [4.78, 5) is 10.8. The van der Waals surface area contributed by atoms with Crippen LogP contribution in [0, 0.1) is 0 Å². The van der Waals surface area contributed by atoms with E-state index in [9.17, 15) is 4.79 Å². The van der Waals surface area contributed by atoms with E-state index < -0.39 is 5.91 Å². The fourth-order valence-corrected chi connectivity index (χ4v) is 1.06. The molecule has 0 aliphatic rings. The minimum absolute atomic E-state index is 0. The molecule has 0 unspecified atom stereocenters. The number of fused-ring (bicyclic) bond motifs is 1. The number of halogens is 1. The van der Waals surface area contributed by atoms with Gasteiger partial charge in [-0.15, -0.1) is 12.4 Å². The highest BCUT2D eigenvalue weighted by molar-refractivity contribution is 6.03. The van der Waals surface area contributed by atoms with Crippen molar-refractivity contribution in [1.82, 2.24) is 5.16 Å². The van der Waals surface area contributed by atoms with Crippen molar-refractivity contribution in [3.63, 3.8) is 0 Å². The van der Waals surface area contributed by atoms with Crippen LogP contribution < -0.4 is 5.73 Å². The van der Waals surface area contributed by atoms with Crippen LogP contribution in [0.25, 0.3) is 11.0 Å². The third-order valence-electron chi connectivity index (χ3n) is 1.61. The van der Waals surface area contributed by atoms with E-state index in [2.05, 4.69) is 5.16 Å². The number of carbonyl (C=O) groups is 1. The summed E-state index contributed by atoms with van der Waals surface area (Å²) in [5.41, 5.74) is 5.82. The van der Waals surface area contributed by atoms with E-state index in [0.29, 0.717) is 11.0 Å². The minimum Gasteiger partial charge on any atom is -0.364 e. The fourth-order valence-electron chi connectivity index (χ4n) is 1.06. The van der Waals surface area contributed by atoms with Crippen molar-refractivity contribution in [2.24, 2.45) is 5.73 Å². The van der Waals surface area contributed by atoms with Crippen LogP contribution >= 0.6 is 12.4 Å². The molecule has 1 aromatic heterocycles. The second-order valence-electron chi connectivity index (χ2n) is 2.39. The van der Waals surface area contributed by atoms with Gasteiger partial charge in [0, 0.05) is 0 Å². The van der Waals surface area contributed by atoms with E-state index in [1.165, 1.54) is 0 Å². The topological polar surface area (TPSA) is 69.1 Å². The summed E-state index contributed by atoms with van der Waals surface area (Å²) in [6.07, 6.45) is 0. The Morgan fingerprint density at radius 2 is 2.08 bits per heavy atom. The van der Waals surface area contributed by atoms with Gasteiger partial charge < -0.3 is 10.3 Å².